The van der Waals surface area contributed by atoms with Gasteiger partial charge in [0.15, 0.2) is 0 Å². The average Bonchev–Trinajstić information content (AvgIpc) is 2.61. The zero-order valence-electron chi connectivity index (χ0n) is 7.80. The van der Waals surface area contributed by atoms with Crippen LogP contribution >= 0.6 is 11.3 Å². The van der Waals surface area contributed by atoms with Crippen LogP contribution < -0.4 is 5.56 Å². The summed E-state index contributed by atoms with van der Waals surface area (Å²) in [6.45, 7) is 1.90. The molecular formula is C8H7N3O3S. The molecule has 0 aliphatic heterocycles. The van der Waals surface area contributed by atoms with Gasteiger partial charge in [-0.3, -0.25) is 4.79 Å². The second kappa shape index (κ2) is 3.43. The van der Waals surface area contributed by atoms with Crippen molar-refractivity contribution in [3.63, 3.8) is 0 Å². The molecule has 0 saturated carbocycles. The lowest BCUT2D eigenvalue weighted by molar-refractivity contribution is 0.0694. The SMILES string of the molecule is CCc1nn2c(=O)c(C(=O)O)cnc2s1. The number of aromatic nitrogens is 3. The number of nitrogens with zero attached hydrogens (tertiary/aromatic N) is 3. The van der Waals surface area contributed by atoms with Crippen molar-refractivity contribution in [1.29, 1.82) is 0 Å². The number of rotatable bonds is 2. The van der Waals surface area contributed by atoms with E-state index in [1.165, 1.54) is 11.3 Å². The highest BCUT2D eigenvalue weighted by Crippen LogP contribution is 2.10. The summed E-state index contributed by atoms with van der Waals surface area (Å²) in [7, 11) is 0. The highest BCUT2D eigenvalue weighted by molar-refractivity contribution is 7.16. The molecule has 0 bridgehead atoms. The largest absolute Gasteiger partial charge is 0.477 e. The van der Waals surface area contributed by atoms with Crippen molar-refractivity contribution in [3.05, 3.63) is 27.1 Å². The van der Waals surface area contributed by atoms with E-state index in [2.05, 4.69) is 10.1 Å². The van der Waals surface area contributed by atoms with Crippen molar-refractivity contribution >= 4 is 22.3 Å². The number of carboxylic acids is 1. The van der Waals surface area contributed by atoms with Crippen LogP contribution in [-0.4, -0.2) is 25.7 Å². The molecule has 1 N–H and O–H groups in total. The fourth-order valence-electron chi connectivity index (χ4n) is 1.12. The van der Waals surface area contributed by atoms with Crippen molar-refractivity contribution in [2.45, 2.75) is 13.3 Å². The van der Waals surface area contributed by atoms with Crippen molar-refractivity contribution in [2.24, 2.45) is 0 Å². The molecule has 0 spiro atoms. The first-order valence-electron chi connectivity index (χ1n) is 4.24. The van der Waals surface area contributed by atoms with Crippen molar-refractivity contribution < 1.29 is 9.90 Å². The molecule has 2 aromatic heterocycles. The molecule has 0 aliphatic rings. The summed E-state index contributed by atoms with van der Waals surface area (Å²) in [5.74, 6) is -1.28. The molecule has 0 radical (unpaired) electrons. The summed E-state index contributed by atoms with van der Waals surface area (Å²) in [6, 6.07) is 0. The minimum absolute atomic E-state index is 0.361. The van der Waals surface area contributed by atoms with Crippen molar-refractivity contribution in [2.75, 3.05) is 0 Å². The summed E-state index contributed by atoms with van der Waals surface area (Å²) >= 11 is 1.28. The van der Waals surface area contributed by atoms with Crippen LogP contribution in [-0.2, 0) is 6.42 Å². The molecule has 6 nitrogen and oxygen atoms in total. The molecule has 0 aliphatic carbocycles. The molecule has 0 atom stereocenters. The first-order chi connectivity index (χ1) is 7.13. The second-order valence-electron chi connectivity index (χ2n) is 2.83. The van der Waals surface area contributed by atoms with Crippen LogP contribution in [0.5, 0.6) is 0 Å². The van der Waals surface area contributed by atoms with Crippen molar-refractivity contribution in [3.8, 4) is 0 Å². The Hall–Kier alpha value is -1.76. The molecule has 0 amide bonds. The molecule has 7 heteroatoms. The fourth-order valence-corrected chi connectivity index (χ4v) is 1.91. The molecule has 0 saturated heterocycles. The maximum absolute atomic E-state index is 11.6. The van der Waals surface area contributed by atoms with E-state index in [9.17, 15) is 9.59 Å². The Labute approximate surface area is 87.8 Å². The van der Waals surface area contributed by atoms with Gasteiger partial charge in [0.2, 0.25) is 4.96 Å². The molecule has 2 aromatic rings. The topological polar surface area (TPSA) is 84.6 Å². The zero-order chi connectivity index (χ0) is 11.0. The van der Waals surface area contributed by atoms with Gasteiger partial charge in [-0.25, -0.2) is 9.78 Å². The molecule has 2 rings (SSSR count). The van der Waals surface area contributed by atoms with Crippen LogP contribution in [0.25, 0.3) is 4.96 Å². The highest BCUT2D eigenvalue weighted by atomic mass is 32.1. The number of aromatic carboxylic acids is 1. The monoisotopic (exact) mass is 225 g/mol. The van der Waals surface area contributed by atoms with Crippen molar-refractivity contribution in [1.82, 2.24) is 14.6 Å². The van der Waals surface area contributed by atoms with Crippen LogP contribution in [0.2, 0.25) is 0 Å². The number of hydrogen-bond acceptors (Lipinski definition) is 5. The number of aryl methyl sites for hydroxylation is 1. The first kappa shape index (κ1) is 9.78. The summed E-state index contributed by atoms with van der Waals surface area (Å²) in [5.41, 5.74) is -0.996. The summed E-state index contributed by atoms with van der Waals surface area (Å²) < 4.78 is 1.03. The Kier molecular flexibility index (Phi) is 2.24. The second-order valence-corrected chi connectivity index (χ2v) is 3.87. The Balaban J connectivity index is 2.78. The summed E-state index contributed by atoms with van der Waals surface area (Å²) in [5, 5.41) is 13.4. The third-order valence-corrected chi connectivity index (χ3v) is 2.93. The van der Waals surface area contributed by atoms with E-state index in [-0.39, 0.29) is 5.56 Å². The lowest BCUT2D eigenvalue weighted by Gasteiger charge is -1.92. The van der Waals surface area contributed by atoms with Gasteiger partial charge in [-0.1, -0.05) is 18.3 Å². The quantitative estimate of drug-likeness (QED) is 0.800. The average molecular weight is 225 g/mol. The van der Waals surface area contributed by atoms with E-state index in [1.807, 2.05) is 6.92 Å². The van der Waals surface area contributed by atoms with Gasteiger partial charge in [-0.05, 0) is 6.42 Å². The third-order valence-electron chi connectivity index (χ3n) is 1.86. The van der Waals surface area contributed by atoms with E-state index < -0.39 is 11.5 Å². The van der Waals surface area contributed by atoms with Crippen LogP contribution in [0.15, 0.2) is 11.0 Å². The maximum Gasteiger partial charge on any atom is 0.343 e. The molecule has 0 fully saturated rings. The van der Waals surface area contributed by atoms with Gasteiger partial charge in [0.1, 0.15) is 10.6 Å². The maximum atomic E-state index is 11.6. The number of fused-ring (bicyclic) bond motifs is 1. The van der Waals surface area contributed by atoms with E-state index in [4.69, 9.17) is 5.11 Å². The summed E-state index contributed by atoms with van der Waals surface area (Å²) in [6.07, 6.45) is 1.76. The predicted octanol–water partition coefficient (Wildman–Crippen LogP) is 0.412. The number of carbonyl (C=O) groups is 1. The predicted molar refractivity (Wildman–Crippen MR) is 53.5 cm³/mol. The van der Waals surface area contributed by atoms with E-state index >= 15 is 0 Å². The smallest absolute Gasteiger partial charge is 0.343 e. The normalized spacial score (nSPS) is 10.7. The molecule has 2 heterocycles. The Morgan fingerprint density at radius 3 is 3.00 bits per heavy atom. The molecule has 0 aromatic carbocycles. The Morgan fingerprint density at radius 2 is 2.40 bits per heavy atom. The van der Waals surface area contributed by atoms with Gasteiger partial charge in [0.05, 0.1) is 6.20 Å². The molecule has 0 unspecified atom stereocenters. The van der Waals surface area contributed by atoms with Gasteiger partial charge in [-0.15, -0.1) is 0 Å². The van der Waals surface area contributed by atoms with Gasteiger partial charge in [0.25, 0.3) is 5.56 Å². The van der Waals surface area contributed by atoms with Gasteiger partial charge in [-0.2, -0.15) is 9.61 Å². The summed E-state index contributed by atoms with van der Waals surface area (Å²) in [4.78, 5) is 26.5. The lowest BCUT2D eigenvalue weighted by atomic mass is 10.3. The minimum Gasteiger partial charge on any atom is -0.477 e. The Bertz CT molecular complexity index is 586. The fraction of sp³-hybridized carbons (Fsp3) is 0.250. The minimum atomic E-state index is -1.28. The number of carboxylic acid groups (broad SMARTS) is 1. The zero-order valence-corrected chi connectivity index (χ0v) is 8.61. The van der Waals surface area contributed by atoms with Crippen LogP contribution in [0, 0.1) is 0 Å². The molecule has 78 valence electrons. The molecular weight excluding hydrogens is 218 g/mol. The van der Waals surface area contributed by atoms with E-state index in [1.54, 1.807) is 0 Å². The standard InChI is InChI=1S/C8H7N3O3S/c1-2-5-10-11-6(12)4(7(13)14)3-9-8(11)15-5/h3H,2H2,1H3,(H,13,14). The molecule has 15 heavy (non-hydrogen) atoms. The number of hydrogen-bond donors (Lipinski definition) is 1. The van der Waals surface area contributed by atoms with Gasteiger partial charge < -0.3 is 5.11 Å². The lowest BCUT2D eigenvalue weighted by Crippen LogP contribution is -2.22. The van der Waals surface area contributed by atoms with E-state index in [0.29, 0.717) is 11.4 Å². The third kappa shape index (κ3) is 1.50. The first-order valence-corrected chi connectivity index (χ1v) is 5.06. The van der Waals surface area contributed by atoms with E-state index in [0.717, 1.165) is 15.7 Å². The van der Waals surface area contributed by atoms with Gasteiger partial charge >= 0.3 is 5.97 Å². The van der Waals surface area contributed by atoms with Crippen LogP contribution in [0.4, 0.5) is 0 Å². The Morgan fingerprint density at radius 1 is 1.67 bits per heavy atom. The highest BCUT2D eigenvalue weighted by Gasteiger charge is 2.14. The van der Waals surface area contributed by atoms with Crippen LogP contribution in [0.1, 0.15) is 22.3 Å². The van der Waals surface area contributed by atoms with Gasteiger partial charge in [0, 0.05) is 0 Å². The van der Waals surface area contributed by atoms with Crippen LogP contribution in [0.3, 0.4) is 0 Å².